The molecule has 1 heterocycles. The van der Waals surface area contributed by atoms with Crippen LogP contribution in [0.15, 0.2) is 53.8 Å². The number of aromatic nitrogens is 1. The first-order chi connectivity index (χ1) is 10.7. The van der Waals surface area contributed by atoms with Gasteiger partial charge in [-0.2, -0.15) is 0 Å². The zero-order valence-electron chi connectivity index (χ0n) is 12.4. The number of amides is 1. The van der Waals surface area contributed by atoms with Crippen molar-refractivity contribution in [2.75, 3.05) is 17.2 Å². The van der Waals surface area contributed by atoms with Crippen LogP contribution in [0.5, 0.6) is 0 Å². The number of nitrogens with two attached hydrogens (primary N) is 1. The third-order valence-electron chi connectivity index (χ3n) is 2.95. The third-order valence-corrected chi connectivity index (χ3v) is 2.95. The SMILES string of the molecule is CCc1cccc(NC(N)=NCC(=O)Nc2cccnc2)c1. The molecule has 0 bridgehead atoms. The Labute approximate surface area is 129 Å². The summed E-state index contributed by atoms with van der Waals surface area (Å²) in [5.41, 5.74) is 8.47. The maximum atomic E-state index is 11.7. The monoisotopic (exact) mass is 297 g/mol. The molecule has 22 heavy (non-hydrogen) atoms. The fourth-order valence-corrected chi connectivity index (χ4v) is 1.85. The van der Waals surface area contributed by atoms with Crippen molar-refractivity contribution in [3.8, 4) is 0 Å². The van der Waals surface area contributed by atoms with Crippen molar-refractivity contribution in [1.82, 2.24) is 4.98 Å². The topological polar surface area (TPSA) is 92.4 Å². The normalized spacial score (nSPS) is 11.0. The van der Waals surface area contributed by atoms with Crippen molar-refractivity contribution in [3.05, 3.63) is 54.4 Å². The lowest BCUT2D eigenvalue weighted by Gasteiger charge is -2.07. The number of rotatable bonds is 5. The molecule has 2 rings (SSSR count). The maximum Gasteiger partial charge on any atom is 0.246 e. The highest BCUT2D eigenvalue weighted by molar-refractivity contribution is 5.96. The van der Waals surface area contributed by atoms with E-state index in [2.05, 4.69) is 27.5 Å². The Bertz CT molecular complexity index is 655. The largest absolute Gasteiger partial charge is 0.370 e. The molecule has 6 nitrogen and oxygen atoms in total. The van der Waals surface area contributed by atoms with E-state index in [1.807, 2.05) is 24.3 Å². The predicted octanol–water partition coefficient (Wildman–Crippen LogP) is 2.01. The molecule has 0 aliphatic rings. The van der Waals surface area contributed by atoms with Crippen molar-refractivity contribution in [2.45, 2.75) is 13.3 Å². The number of pyridine rings is 1. The van der Waals surface area contributed by atoms with Gasteiger partial charge in [-0.05, 0) is 36.2 Å². The van der Waals surface area contributed by atoms with E-state index in [0.717, 1.165) is 12.1 Å². The lowest BCUT2D eigenvalue weighted by atomic mass is 10.1. The second-order valence-corrected chi connectivity index (χ2v) is 4.67. The molecule has 0 aliphatic heterocycles. The Morgan fingerprint density at radius 2 is 2.05 bits per heavy atom. The summed E-state index contributed by atoms with van der Waals surface area (Å²) in [6.45, 7) is 2.03. The average molecular weight is 297 g/mol. The van der Waals surface area contributed by atoms with Crippen molar-refractivity contribution in [3.63, 3.8) is 0 Å². The van der Waals surface area contributed by atoms with Gasteiger partial charge in [-0.15, -0.1) is 0 Å². The van der Waals surface area contributed by atoms with E-state index in [1.54, 1.807) is 24.5 Å². The first-order valence-electron chi connectivity index (χ1n) is 7.03. The molecule has 0 aliphatic carbocycles. The van der Waals surface area contributed by atoms with Gasteiger partial charge in [-0.3, -0.25) is 9.78 Å². The summed E-state index contributed by atoms with van der Waals surface area (Å²) in [7, 11) is 0. The van der Waals surface area contributed by atoms with Gasteiger partial charge in [-0.1, -0.05) is 19.1 Å². The van der Waals surface area contributed by atoms with Gasteiger partial charge in [0.25, 0.3) is 0 Å². The number of aryl methyl sites for hydroxylation is 1. The van der Waals surface area contributed by atoms with Crippen molar-refractivity contribution in [2.24, 2.45) is 10.7 Å². The molecule has 0 atom stereocenters. The zero-order chi connectivity index (χ0) is 15.8. The third kappa shape index (κ3) is 4.90. The van der Waals surface area contributed by atoms with Crippen LogP contribution in [0.2, 0.25) is 0 Å². The molecule has 1 amide bonds. The van der Waals surface area contributed by atoms with Crippen LogP contribution in [0.4, 0.5) is 11.4 Å². The molecule has 0 radical (unpaired) electrons. The molecule has 0 fully saturated rings. The standard InChI is InChI=1S/C16H19N5O/c1-2-12-5-3-6-13(9-12)21-16(17)19-11-15(22)20-14-7-4-8-18-10-14/h3-10H,2,11H2,1H3,(H,20,22)(H3,17,19,21). The number of nitrogens with zero attached hydrogens (tertiary/aromatic N) is 2. The molecule has 0 saturated heterocycles. The number of hydrogen-bond acceptors (Lipinski definition) is 3. The number of anilines is 2. The summed E-state index contributed by atoms with van der Waals surface area (Å²) in [5, 5.41) is 5.66. The summed E-state index contributed by atoms with van der Waals surface area (Å²) in [6.07, 6.45) is 4.15. The number of guanidine groups is 1. The highest BCUT2D eigenvalue weighted by Crippen LogP contribution is 2.10. The molecule has 4 N–H and O–H groups in total. The van der Waals surface area contributed by atoms with Crippen LogP contribution < -0.4 is 16.4 Å². The van der Waals surface area contributed by atoms with Crippen LogP contribution in [0.25, 0.3) is 0 Å². The number of carbonyl (C=O) groups excluding carboxylic acids is 1. The number of aliphatic imine (C=N–C) groups is 1. The van der Waals surface area contributed by atoms with Gasteiger partial charge in [0.05, 0.1) is 11.9 Å². The molecular formula is C16H19N5O. The summed E-state index contributed by atoms with van der Waals surface area (Å²) < 4.78 is 0. The molecule has 114 valence electrons. The molecular weight excluding hydrogens is 278 g/mol. The Hall–Kier alpha value is -2.89. The maximum absolute atomic E-state index is 11.7. The van der Waals surface area contributed by atoms with E-state index in [-0.39, 0.29) is 18.4 Å². The lowest BCUT2D eigenvalue weighted by Crippen LogP contribution is -2.25. The van der Waals surface area contributed by atoms with Gasteiger partial charge in [0.2, 0.25) is 5.91 Å². The molecule has 0 saturated carbocycles. The molecule has 0 unspecified atom stereocenters. The quantitative estimate of drug-likeness (QED) is 0.581. The summed E-state index contributed by atoms with van der Waals surface area (Å²) in [6, 6.07) is 11.4. The number of benzene rings is 1. The van der Waals surface area contributed by atoms with Gasteiger partial charge in [0.15, 0.2) is 5.96 Å². The van der Waals surface area contributed by atoms with Gasteiger partial charge >= 0.3 is 0 Å². The Balaban J connectivity index is 1.88. The summed E-state index contributed by atoms with van der Waals surface area (Å²) >= 11 is 0. The first-order valence-corrected chi connectivity index (χ1v) is 7.03. The highest BCUT2D eigenvalue weighted by Gasteiger charge is 2.02. The zero-order valence-corrected chi connectivity index (χ0v) is 12.4. The van der Waals surface area contributed by atoms with Crippen molar-refractivity contribution in [1.29, 1.82) is 0 Å². The molecule has 2 aromatic rings. The van der Waals surface area contributed by atoms with Gasteiger partial charge in [-0.25, -0.2) is 4.99 Å². The average Bonchev–Trinajstić information content (AvgIpc) is 2.54. The van der Waals surface area contributed by atoms with Gasteiger partial charge in [0, 0.05) is 11.9 Å². The fourth-order valence-electron chi connectivity index (χ4n) is 1.85. The minimum absolute atomic E-state index is 0.0544. The highest BCUT2D eigenvalue weighted by atomic mass is 16.1. The van der Waals surface area contributed by atoms with Crippen LogP contribution in [0.1, 0.15) is 12.5 Å². The van der Waals surface area contributed by atoms with Crippen molar-refractivity contribution >= 4 is 23.2 Å². The molecule has 1 aromatic heterocycles. The van der Waals surface area contributed by atoms with Crippen LogP contribution in [0.3, 0.4) is 0 Å². The first kappa shape index (κ1) is 15.5. The van der Waals surface area contributed by atoms with Crippen molar-refractivity contribution < 1.29 is 4.79 Å². The lowest BCUT2D eigenvalue weighted by molar-refractivity contribution is -0.114. The van der Waals surface area contributed by atoms with E-state index in [9.17, 15) is 4.79 Å². The Morgan fingerprint density at radius 3 is 2.77 bits per heavy atom. The minimum atomic E-state index is -0.250. The number of carbonyl (C=O) groups is 1. The van der Waals surface area contributed by atoms with Crippen LogP contribution >= 0.6 is 0 Å². The van der Waals surface area contributed by atoms with Gasteiger partial charge in [0.1, 0.15) is 6.54 Å². The molecule has 0 spiro atoms. The van der Waals surface area contributed by atoms with Gasteiger partial charge < -0.3 is 16.4 Å². The summed E-state index contributed by atoms with van der Waals surface area (Å²) in [4.78, 5) is 19.7. The second kappa shape index (κ2) is 7.78. The van der Waals surface area contributed by atoms with E-state index in [1.165, 1.54) is 5.56 Å². The van der Waals surface area contributed by atoms with Crippen LogP contribution in [-0.4, -0.2) is 23.4 Å². The van der Waals surface area contributed by atoms with Crippen LogP contribution in [0, 0.1) is 0 Å². The Kier molecular flexibility index (Phi) is 5.48. The number of hydrogen-bond donors (Lipinski definition) is 3. The van der Waals surface area contributed by atoms with E-state index < -0.39 is 0 Å². The molecule has 1 aromatic carbocycles. The van der Waals surface area contributed by atoms with E-state index >= 15 is 0 Å². The second-order valence-electron chi connectivity index (χ2n) is 4.67. The van der Waals surface area contributed by atoms with E-state index in [4.69, 9.17) is 5.73 Å². The Morgan fingerprint density at radius 1 is 1.23 bits per heavy atom. The number of nitrogens with one attached hydrogen (secondary N) is 2. The van der Waals surface area contributed by atoms with E-state index in [0.29, 0.717) is 5.69 Å². The predicted molar refractivity (Wildman–Crippen MR) is 88.8 cm³/mol. The minimum Gasteiger partial charge on any atom is -0.370 e. The van der Waals surface area contributed by atoms with Crippen LogP contribution in [-0.2, 0) is 11.2 Å². The molecule has 6 heteroatoms. The summed E-state index contributed by atoms with van der Waals surface area (Å²) in [5.74, 6) is -0.0466. The fraction of sp³-hybridized carbons (Fsp3) is 0.188. The smallest absolute Gasteiger partial charge is 0.246 e.